The molecule has 2 bridgehead atoms. The van der Waals surface area contributed by atoms with Crippen molar-refractivity contribution in [2.24, 2.45) is 0 Å². The van der Waals surface area contributed by atoms with Gasteiger partial charge in [0, 0.05) is 46.2 Å². The van der Waals surface area contributed by atoms with Gasteiger partial charge in [-0.25, -0.2) is 4.79 Å². The highest BCUT2D eigenvalue weighted by Gasteiger charge is 2.42. The molecule has 2 aromatic rings. The Kier molecular flexibility index (Phi) is 3.72. The lowest BCUT2D eigenvalue weighted by Gasteiger charge is -2.23. The Morgan fingerprint density at radius 1 is 1.04 bits per heavy atom. The van der Waals surface area contributed by atoms with Gasteiger partial charge in [-0.15, -0.1) is 0 Å². The molecule has 0 saturated heterocycles. The summed E-state index contributed by atoms with van der Waals surface area (Å²) in [5, 5.41) is 1.56. The molecule has 0 aromatic heterocycles. The largest absolute Gasteiger partial charge is 0.426 e. The summed E-state index contributed by atoms with van der Waals surface area (Å²) in [6.45, 7) is 8.83. The average molecular weight is 348 g/mol. The molecule has 132 valence electrons. The van der Waals surface area contributed by atoms with Gasteiger partial charge in [0.05, 0.1) is 0 Å². The Labute approximate surface area is 152 Å². The van der Waals surface area contributed by atoms with E-state index in [2.05, 4.69) is 19.6 Å². The number of carbonyl (C=O) groups excluding carboxylic acids is 2. The van der Waals surface area contributed by atoms with Crippen LogP contribution < -0.4 is 9.47 Å². The fourth-order valence-electron chi connectivity index (χ4n) is 4.16. The summed E-state index contributed by atoms with van der Waals surface area (Å²) < 4.78 is 11.4. The molecule has 0 saturated carbocycles. The van der Waals surface area contributed by atoms with Crippen LogP contribution in [0.4, 0.5) is 0 Å². The maximum atomic E-state index is 12.3. The van der Waals surface area contributed by atoms with E-state index >= 15 is 0 Å². The van der Waals surface area contributed by atoms with Gasteiger partial charge in [-0.3, -0.25) is 4.79 Å². The molecule has 2 aliphatic rings. The summed E-state index contributed by atoms with van der Waals surface area (Å²) >= 11 is 0. The quantitative estimate of drug-likeness (QED) is 0.347. The van der Waals surface area contributed by atoms with Gasteiger partial charge in [-0.2, -0.15) is 0 Å². The van der Waals surface area contributed by atoms with Crippen molar-refractivity contribution in [2.75, 3.05) is 0 Å². The lowest BCUT2D eigenvalue weighted by molar-refractivity contribution is -0.132. The van der Waals surface area contributed by atoms with Gasteiger partial charge in [-0.1, -0.05) is 42.5 Å². The van der Waals surface area contributed by atoms with Crippen molar-refractivity contribution in [2.45, 2.75) is 39.0 Å². The summed E-state index contributed by atoms with van der Waals surface area (Å²) in [5.74, 6) is 0.724. The van der Waals surface area contributed by atoms with Crippen LogP contribution in [0.1, 0.15) is 50.2 Å². The second-order valence-corrected chi connectivity index (χ2v) is 7.10. The second kappa shape index (κ2) is 5.84. The highest BCUT2D eigenvalue weighted by Crippen LogP contribution is 2.60. The van der Waals surface area contributed by atoms with Crippen LogP contribution in [0, 0.1) is 0 Å². The van der Waals surface area contributed by atoms with Crippen LogP contribution in [0.2, 0.25) is 0 Å². The fraction of sp³-hybridized carbons (Fsp3) is 0.273. The van der Waals surface area contributed by atoms with Crippen LogP contribution in [0.25, 0.3) is 10.8 Å². The third kappa shape index (κ3) is 2.37. The van der Waals surface area contributed by atoms with Gasteiger partial charge < -0.3 is 9.47 Å². The van der Waals surface area contributed by atoms with Crippen molar-refractivity contribution in [1.29, 1.82) is 0 Å². The second-order valence-electron chi connectivity index (χ2n) is 7.10. The molecule has 26 heavy (non-hydrogen) atoms. The van der Waals surface area contributed by atoms with Crippen LogP contribution in [-0.2, 0) is 9.59 Å². The molecule has 2 aliphatic carbocycles. The minimum atomic E-state index is -0.443. The molecule has 2 unspecified atom stereocenters. The highest BCUT2D eigenvalue weighted by atomic mass is 16.5. The molecule has 4 rings (SSSR count). The molecule has 0 fully saturated rings. The van der Waals surface area contributed by atoms with E-state index in [0.717, 1.165) is 28.3 Å². The first-order chi connectivity index (χ1) is 12.4. The Balaban J connectivity index is 2.04. The topological polar surface area (TPSA) is 52.6 Å². The molecule has 0 heterocycles. The summed E-state index contributed by atoms with van der Waals surface area (Å²) in [6.07, 6.45) is 3.14. The molecule has 0 radical (unpaired) electrons. The van der Waals surface area contributed by atoms with Crippen molar-refractivity contribution in [3.8, 4) is 11.5 Å². The zero-order valence-electron chi connectivity index (χ0n) is 15.1. The average Bonchev–Trinajstić information content (AvgIpc) is 3.14. The van der Waals surface area contributed by atoms with Crippen LogP contribution >= 0.6 is 0 Å². The number of benzene rings is 2. The molecular weight excluding hydrogens is 328 g/mol. The van der Waals surface area contributed by atoms with E-state index in [-0.39, 0.29) is 17.8 Å². The van der Waals surface area contributed by atoms with E-state index in [1.165, 1.54) is 12.5 Å². The van der Waals surface area contributed by atoms with Gasteiger partial charge in [0.15, 0.2) is 0 Å². The Morgan fingerprint density at radius 3 is 2.23 bits per heavy atom. The Bertz CT molecular complexity index is 1010. The standard InChI is InChI=1S/C22H20O4/c1-11(2)22(24)26-21-16-8-6-5-7-15(16)20(25-13(4)23)18-14-9-12(3)17(10-14)19(18)21/h5-9,14,17H,1,10H2,2-4H3. The van der Waals surface area contributed by atoms with Crippen LogP contribution in [0.15, 0.2) is 48.1 Å². The molecule has 2 atom stereocenters. The van der Waals surface area contributed by atoms with E-state index in [0.29, 0.717) is 17.1 Å². The predicted octanol–water partition coefficient (Wildman–Crippen LogP) is 4.78. The Hall–Kier alpha value is -2.88. The van der Waals surface area contributed by atoms with Crippen LogP contribution in [0.3, 0.4) is 0 Å². The minimum Gasteiger partial charge on any atom is -0.426 e. The number of rotatable bonds is 3. The van der Waals surface area contributed by atoms with E-state index in [1.54, 1.807) is 6.92 Å². The zero-order valence-corrected chi connectivity index (χ0v) is 15.1. The van der Waals surface area contributed by atoms with Crippen molar-refractivity contribution < 1.29 is 19.1 Å². The van der Waals surface area contributed by atoms with Gasteiger partial charge in [0.1, 0.15) is 11.5 Å². The SMILES string of the molecule is C=C(C)C(=O)Oc1c2c(c(OC(C)=O)c3ccccc13)C1C=C(C)C2C1. The number of ether oxygens (including phenoxy) is 2. The first-order valence-electron chi connectivity index (χ1n) is 8.71. The van der Waals surface area contributed by atoms with E-state index < -0.39 is 5.97 Å². The van der Waals surface area contributed by atoms with Crippen molar-refractivity contribution in [3.63, 3.8) is 0 Å². The maximum absolute atomic E-state index is 12.3. The van der Waals surface area contributed by atoms with Crippen molar-refractivity contribution >= 4 is 22.7 Å². The third-order valence-corrected chi connectivity index (χ3v) is 5.21. The lowest BCUT2D eigenvalue weighted by atomic mass is 9.87. The summed E-state index contributed by atoms with van der Waals surface area (Å²) in [4.78, 5) is 24.0. The zero-order chi connectivity index (χ0) is 18.6. The van der Waals surface area contributed by atoms with Crippen molar-refractivity contribution in [1.82, 2.24) is 0 Å². The number of allylic oxidation sites excluding steroid dienone is 2. The summed E-state index contributed by atoms with van der Waals surface area (Å²) in [5.41, 5.74) is 3.56. The number of carbonyl (C=O) groups is 2. The normalized spacial score (nSPS) is 19.9. The Morgan fingerprint density at radius 2 is 1.65 bits per heavy atom. The van der Waals surface area contributed by atoms with Gasteiger partial charge in [0.2, 0.25) is 0 Å². The molecule has 0 amide bonds. The van der Waals surface area contributed by atoms with E-state index in [1.807, 2.05) is 24.3 Å². The number of hydrogen-bond donors (Lipinski definition) is 0. The summed E-state index contributed by atoms with van der Waals surface area (Å²) in [7, 11) is 0. The van der Waals surface area contributed by atoms with Gasteiger partial charge in [-0.05, 0) is 20.3 Å². The van der Waals surface area contributed by atoms with E-state index in [9.17, 15) is 9.59 Å². The third-order valence-electron chi connectivity index (χ3n) is 5.21. The molecule has 4 nitrogen and oxygen atoms in total. The molecule has 2 aromatic carbocycles. The predicted molar refractivity (Wildman–Crippen MR) is 99.6 cm³/mol. The first kappa shape index (κ1) is 16.6. The highest BCUT2D eigenvalue weighted by molar-refractivity contribution is 6.01. The molecule has 4 heteroatoms. The van der Waals surface area contributed by atoms with Crippen LogP contribution in [-0.4, -0.2) is 11.9 Å². The van der Waals surface area contributed by atoms with Crippen molar-refractivity contribution in [3.05, 3.63) is 59.2 Å². The molecule has 0 aliphatic heterocycles. The van der Waals surface area contributed by atoms with Crippen LogP contribution in [0.5, 0.6) is 11.5 Å². The molecule has 0 spiro atoms. The first-order valence-corrected chi connectivity index (χ1v) is 8.71. The number of esters is 2. The maximum Gasteiger partial charge on any atom is 0.338 e. The van der Waals surface area contributed by atoms with Gasteiger partial charge >= 0.3 is 11.9 Å². The fourth-order valence-corrected chi connectivity index (χ4v) is 4.16. The monoisotopic (exact) mass is 348 g/mol. The molecular formula is C22H20O4. The smallest absolute Gasteiger partial charge is 0.338 e. The number of fused-ring (bicyclic) bond motifs is 6. The summed E-state index contributed by atoms with van der Waals surface area (Å²) in [6, 6.07) is 7.57. The van der Waals surface area contributed by atoms with Gasteiger partial charge in [0.25, 0.3) is 0 Å². The van der Waals surface area contributed by atoms with E-state index in [4.69, 9.17) is 9.47 Å². The molecule has 0 N–H and O–H groups in total. The minimum absolute atomic E-state index is 0.177. The number of hydrogen-bond acceptors (Lipinski definition) is 4. The lowest BCUT2D eigenvalue weighted by Crippen LogP contribution is -2.13.